The first kappa shape index (κ1) is 39.2. The van der Waals surface area contributed by atoms with Crippen LogP contribution < -0.4 is 0 Å². The molecule has 49 heavy (non-hydrogen) atoms. The quantitative estimate of drug-likeness (QED) is 0.271. The van der Waals surface area contributed by atoms with Crippen LogP contribution in [0.2, 0.25) is 0 Å². The van der Waals surface area contributed by atoms with E-state index in [4.69, 9.17) is 33.2 Å². The number of carbonyl (C=O) groups is 7. The Morgan fingerprint density at radius 1 is 0.878 bits per heavy atom. The third kappa shape index (κ3) is 7.97. The molecule has 1 aliphatic heterocycles. The first-order chi connectivity index (χ1) is 22.7. The maximum Gasteiger partial charge on any atom is 0.312 e. The Balaban J connectivity index is 2.57. The van der Waals surface area contributed by atoms with Gasteiger partial charge in [-0.1, -0.05) is 19.9 Å². The van der Waals surface area contributed by atoms with Gasteiger partial charge in [-0.05, 0) is 38.0 Å². The summed E-state index contributed by atoms with van der Waals surface area (Å²) in [5.41, 5.74) is -6.07. The van der Waals surface area contributed by atoms with Crippen LogP contribution in [0.5, 0.6) is 0 Å². The zero-order chi connectivity index (χ0) is 37.1. The number of rotatable bonds is 9. The van der Waals surface area contributed by atoms with Crippen molar-refractivity contribution in [1.29, 1.82) is 0 Å². The Bertz CT molecular complexity index is 1420. The molecule has 1 saturated carbocycles. The van der Waals surface area contributed by atoms with Crippen LogP contribution >= 0.6 is 0 Å². The average molecular weight is 695 g/mol. The van der Waals surface area contributed by atoms with E-state index in [0.29, 0.717) is 6.42 Å². The molecule has 1 heterocycles. The van der Waals surface area contributed by atoms with Crippen LogP contribution in [-0.2, 0) is 66.7 Å². The number of fused-ring (bicyclic) bond motifs is 2. The minimum Gasteiger partial charge on any atom is -0.462 e. The van der Waals surface area contributed by atoms with Gasteiger partial charge < -0.3 is 38.3 Å². The molecule has 0 radical (unpaired) electrons. The van der Waals surface area contributed by atoms with Gasteiger partial charge in [0.15, 0.2) is 17.3 Å². The van der Waals surface area contributed by atoms with Crippen molar-refractivity contribution in [2.45, 2.75) is 123 Å². The molecule has 2 fully saturated rings. The van der Waals surface area contributed by atoms with Crippen LogP contribution in [0.25, 0.3) is 0 Å². The molecule has 0 aromatic heterocycles. The molecule has 3 rings (SSSR count). The third-order valence-electron chi connectivity index (χ3n) is 9.44. The van der Waals surface area contributed by atoms with Crippen LogP contribution in [-0.4, -0.2) is 95.2 Å². The highest BCUT2D eigenvalue weighted by Gasteiger charge is 2.74. The van der Waals surface area contributed by atoms with Crippen LogP contribution in [0, 0.1) is 17.3 Å². The van der Waals surface area contributed by atoms with E-state index in [1.54, 1.807) is 6.92 Å². The molecular weight excluding hydrogens is 648 g/mol. The van der Waals surface area contributed by atoms with Crippen LogP contribution in [0.4, 0.5) is 0 Å². The molecule has 0 spiro atoms. The summed E-state index contributed by atoms with van der Waals surface area (Å²) in [7, 11) is 0. The highest BCUT2D eigenvalue weighted by Crippen LogP contribution is 2.59. The van der Waals surface area contributed by atoms with Crippen molar-refractivity contribution in [2.75, 3.05) is 6.61 Å². The number of esters is 7. The van der Waals surface area contributed by atoms with Crippen LogP contribution in [0.3, 0.4) is 0 Å². The van der Waals surface area contributed by atoms with Crippen molar-refractivity contribution in [2.24, 2.45) is 17.3 Å². The predicted molar refractivity (Wildman–Crippen MR) is 166 cm³/mol. The molecule has 15 nitrogen and oxygen atoms in total. The summed E-state index contributed by atoms with van der Waals surface area (Å²) in [6, 6.07) is 0. The van der Waals surface area contributed by atoms with Crippen molar-refractivity contribution in [3.8, 4) is 0 Å². The second kappa shape index (κ2) is 15.1. The lowest BCUT2D eigenvalue weighted by atomic mass is 9.51. The Morgan fingerprint density at radius 2 is 1.49 bits per heavy atom. The van der Waals surface area contributed by atoms with E-state index in [1.807, 2.05) is 0 Å². The Morgan fingerprint density at radius 3 is 2.02 bits per heavy atom. The summed E-state index contributed by atoms with van der Waals surface area (Å²) < 4.78 is 40.4. The Hall–Kier alpha value is -4.27. The molecule has 10 atom stereocenters. The highest BCUT2D eigenvalue weighted by molar-refractivity contribution is 5.78. The molecule has 3 aliphatic rings. The van der Waals surface area contributed by atoms with Crippen LogP contribution in [0.15, 0.2) is 23.8 Å². The van der Waals surface area contributed by atoms with E-state index in [0.717, 1.165) is 27.7 Å². The number of aliphatic hydroxyl groups is 1. The average Bonchev–Trinajstić information content (AvgIpc) is 3.18. The van der Waals surface area contributed by atoms with Crippen molar-refractivity contribution in [3.63, 3.8) is 0 Å². The zero-order valence-corrected chi connectivity index (χ0v) is 29.3. The summed E-state index contributed by atoms with van der Waals surface area (Å²) in [6.07, 6.45) is -3.34. The molecular formula is C34H46O15. The van der Waals surface area contributed by atoms with Gasteiger partial charge in [-0.3, -0.25) is 33.6 Å². The lowest BCUT2D eigenvalue weighted by Crippen LogP contribution is -2.75. The number of hydrogen-bond acceptors (Lipinski definition) is 15. The first-order valence-electron chi connectivity index (χ1n) is 16.1. The fourth-order valence-electron chi connectivity index (χ4n) is 7.32. The van der Waals surface area contributed by atoms with Crippen molar-refractivity contribution < 1.29 is 71.8 Å². The summed E-state index contributed by atoms with van der Waals surface area (Å²) in [4.78, 5) is 89.4. The van der Waals surface area contributed by atoms with E-state index in [-0.39, 0.29) is 25.0 Å². The molecule has 0 amide bonds. The number of carbonyl (C=O) groups excluding carboxylic acids is 7. The van der Waals surface area contributed by atoms with Crippen molar-refractivity contribution in [1.82, 2.24) is 0 Å². The minimum absolute atomic E-state index is 0.0275. The standard InChI is InChI=1S/C34H46O15/c1-10-11-28(40)47-26-15-25(45-20(5)37)32(8)24(44-19(4)36)13-12-23(16-43-18(3)35)14-27-34(42,17(2)31(41)48-27)30(46-21(6)38)29(32)33(26,9)49-22(7)39/h12-14,17,24-27,29-30,42H,10-11,15-16H2,1-9H3. The molecule has 0 aromatic rings. The van der Waals surface area contributed by atoms with E-state index < -0.39 is 101 Å². The topological polar surface area (TPSA) is 204 Å². The largest absolute Gasteiger partial charge is 0.462 e. The predicted octanol–water partition coefficient (Wildman–Crippen LogP) is 2.19. The van der Waals surface area contributed by atoms with Crippen molar-refractivity contribution >= 4 is 41.8 Å². The second-order valence-corrected chi connectivity index (χ2v) is 13.1. The number of hydrogen-bond donors (Lipinski definition) is 1. The number of ether oxygens (including phenoxy) is 7. The summed E-state index contributed by atoms with van der Waals surface area (Å²) >= 11 is 0. The van der Waals surface area contributed by atoms with E-state index in [9.17, 15) is 38.7 Å². The molecule has 2 aliphatic carbocycles. The van der Waals surface area contributed by atoms with Gasteiger partial charge in [-0.2, -0.15) is 0 Å². The smallest absolute Gasteiger partial charge is 0.312 e. The molecule has 1 N–H and O–H groups in total. The summed E-state index contributed by atoms with van der Waals surface area (Å²) in [5.74, 6) is -8.57. The second-order valence-electron chi connectivity index (χ2n) is 13.1. The monoisotopic (exact) mass is 694 g/mol. The van der Waals surface area contributed by atoms with Gasteiger partial charge in [-0.15, -0.1) is 0 Å². The fraction of sp³-hybridized carbons (Fsp3) is 0.676. The van der Waals surface area contributed by atoms with Gasteiger partial charge in [0.05, 0.1) is 17.3 Å². The maximum absolute atomic E-state index is 13.3. The van der Waals surface area contributed by atoms with E-state index in [1.165, 1.54) is 45.9 Å². The molecule has 0 aromatic carbocycles. The van der Waals surface area contributed by atoms with Gasteiger partial charge in [0.2, 0.25) is 0 Å². The van der Waals surface area contributed by atoms with Gasteiger partial charge in [-0.25, -0.2) is 0 Å². The minimum atomic E-state index is -2.46. The van der Waals surface area contributed by atoms with Gasteiger partial charge >= 0.3 is 41.8 Å². The lowest BCUT2D eigenvalue weighted by Gasteiger charge is -2.61. The van der Waals surface area contributed by atoms with Crippen LogP contribution in [0.1, 0.15) is 81.6 Å². The molecule has 1 saturated heterocycles. The van der Waals surface area contributed by atoms with E-state index in [2.05, 4.69) is 0 Å². The third-order valence-corrected chi connectivity index (χ3v) is 9.44. The normalized spacial score (nSPS) is 35.3. The van der Waals surface area contributed by atoms with Gasteiger partial charge in [0.25, 0.3) is 0 Å². The first-order valence-corrected chi connectivity index (χ1v) is 16.1. The Labute approximate surface area is 284 Å². The lowest BCUT2D eigenvalue weighted by molar-refractivity contribution is -0.290. The fourth-order valence-corrected chi connectivity index (χ4v) is 7.32. The van der Waals surface area contributed by atoms with Gasteiger partial charge in [0.1, 0.15) is 31.0 Å². The maximum atomic E-state index is 13.3. The summed E-state index contributed by atoms with van der Waals surface area (Å²) in [6.45, 7) is 11.2. The summed E-state index contributed by atoms with van der Waals surface area (Å²) in [5, 5.41) is 12.8. The SMILES string of the molecule is CCCC(=O)OC1CC(OC(C)=O)C2(C)C(OC(C)=O)C=CC(COC(C)=O)=CC3OC(=O)C(C)C3(O)C(OC(C)=O)C2C1(C)OC(C)=O. The highest BCUT2D eigenvalue weighted by atomic mass is 16.6. The van der Waals surface area contributed by atoms with Gasteiger partial charge in [0, 0.05) is 47.5 Å². The molecule has 0 bridgehead atoms. The van der Waals surface area contributed by atoms with E-state index >= 15 is 0 Å². The zero-order valence-electron chi connectivity index (χ0n) is 29.3. The van der Waals surface area contributed by atoms with Crippen molar-refractivity contribution in [3.05, 3.63) is 23.8 Å². The molecule has 10 unspecified atom stereocenters. The Kier molecular flexibility index (Phi) is 12.1. The molecule has 15 heteroatoms. The molecule has 272 valence electrons.